The molecule has 30 heavy (non-hydrogen) atoms. The summed E-state index contributed by atoms with van der Waals surface area (Å²) in [5.41, 5.74) is 0.894. The van der Waals surface area contributed by atoms with Crippen LogP contribution >= 0.6 is 11.3 Å². The summed E-state index contributed by atoms with van der Waals surface area (Å²) in [7, 11) is 0. The number of nitrogens with zero attached hydrogens (tertiary/aromatic N) is 1. The first kappa shape index (κ1) is 26.4. The number of esters is 1. The molecule has 0 radical (unpaired) electrons. The molecule has 0 saturated heterocycles. The lowest BCUT2D eigenvalue weighted by Gasteiger charge is -2.27. The number of rotatable bonds is 14. The van der Waals surface area contributed by atoms with Crippen molar-refractivity contribution in [3.8, 4) is 12.3 Å². The maximum Gasteiger partial charge on any atom is 0.490 e. The standard InChI is InChI=1S/C21H31F3N2O3S/c1-5-6-7-8-10-25-17(15(2)3)13-18(19-26-16(4)14-30-19)28-11-9-12-29-20(27)21(22,23)24/h1,14-15,17-18,25H,6-13H2,2-4H3. The molecular formula is C21H31F3N2O3S. The fourth-order valence-electron chi connectivity index (χ4n) is 2.75. The Kier molecular flexibility index (Phi) is 12.0. The van der Waals surface area contributed by atoms with E-state index in [0.717, 1.165) is 36.5 Å². The quantitative estimate of drug-likeness (QED) is 0.251. The average Bonchev–Trinajstić information content (AvgIpc) is 3.10. The zero-order valence-corrected chi connectivity index (χ0v) is 18.6. The Balaban J connectivity index is 2.58. The fourth-order valence-corrected chi connectivity index (χ4v) is 3.61. The highest BCUT2D eigenvalue weighted by molar-refractivity contribution is 7.09. The third kappa shape index (κ3) is 10.4. The van der Waals surface area contributed by atoms with Crippen molar-refractivity contribution in [1.82, 2.24) is 10.3 Å². The second-order valence-electron chi connectivity index (χ2n) is 7.38. The molecule has 1 N–H and O–H groups in total. The van der Waals surface area contributed by atoms with Gasteiger partial charge in [-0.1, -0.05) is 13.8 Å². The molecule has 0 saturated carbocycles. The summed E-state index contributed by atoms with van der Waals surface area (Å²) in [6.45, 7) is 6.82. The van der Waals surface area contributed by atoms with Crippen LogP contribution in [0.15, 0.2) is 5.38 Å². The van der Waals surface area contributed by atoms with E-state index in [-0.39, 0.29) is 31.8 Å². The minimum Gasteiger partial charge on any atom is -0.459 e. The van der Waals surface area contributed by atoms with Crippen LogP contribution in [0.25, 0.3) is 0 Å². The first-order chi connectivity index (χ1) is 14.1. The van der Waals surface area contributed by atoms with Crippen LogP contribution in [0.1, 0.15) is 62.8 Å². The first-order valence-electron chi connectivity index (χ1n) is 10.1. The number of carbonyl (C=O) groups excluding carboxylic acids is 1. The van der Waals surface area contributed by atoms with Gasteiger partial charge in [0.1, 0.15) is 11.1 Å². The molecule has 2 atom stereocenters. The lowest BCUT2D eigenvalue weighted by atomic mass is 9.97. The molecule has 1 rings (SSSR count). The second-order valence-corrected chi connectivity index (χ2v) is 8.27. The van der Waals surface area contributed by atoms with Crippen LogP contribution < -0.4 is 5.32 Å². The molecule has 2 unspecified atom stereocenters. The number of aromatic nitrogens is 1. The highest BCUT2D eigenvalue weighted by Crippen LogP contribution is 2.28. The number of hydrogen-bond acceptors (Lipinski definition) is 6. The van der Waals surface area contributed by atoms with Crippen LogP contribution in [-0.4, -0.2) is 42.9 Å². The summed E-state index contributed by atoms with van der Waals surface area (Å²) in [4.78, 5) is 15.3. The van der Waals surface area contributed by atoms with Crippen molar-refractivity contribution in [3.63, 3.8) is 0 Å². The Hall–Kier alpha value is -1.63. The van der Waals surface area contributed by atoms with E-state index in [4.69, 9.17) is 11.2 Å². The second kappa shape index (κ2) is 13.6. The summed E-state index contributed by atoms with van der Waals surface area (Å²) < 4.78 is 46.7. The molecule has 5 nitrogen and oxygen atoms in total. The van der Waals surface area contributed by atoms with Gasteiger partial charge in [0.15, 0.2) is 0 Å². The van der Waals surface area contributed by atoms with Crippen LogP contribution in [0.3, 0.4) is 0 Å². The molecule has 1 heterocycles. The number of unbranched alkanes of at least 4 members (excludes halogenated alkanes) is 2. The molecular weight excluding hydrogens is 417 g/mol. The smallest absolute Gasteiger partial charge is 0.459 e. The van der Waals surface area contributed by atoms with Crippen molar-refractivity contribution < 1.29 is 27.4 Å². The van der Waals surface area contributed by atoms with Gasteiger partial charge in [-0.2, -0.15) is 13.2 Å². The number of hydrogen-bond donors (Lipinski definition) is 1. The van der Waals surface area contributed by atoms with Gasteiger partial charge < -0.3 is 14.8 Å². The summed E-state index contributed by atoms with van der Waals surface area (Å²) in [6, 6.07) is 0.188. The Morgan fingerprint density at radius 3 is 2.60 bits per heavy atom. The minimum atomic E-state index is -4.97. The number of terminal acetylenes is 1. The SMILES string of the molecule is C#CCCCCNC(CC(OCCCOC(=O)C(F)(F)F)c1nc(C)cs1)C(C)C. The fraction of sp³-hybridized carbons (Fsp3) is 0.714. The molecule has 0 spiro atoms. The largest absolute Gasteiger partial charge is 0.490 e. The summed E-state index contributed by atoms with van der Waals surface area (Å²) in [5, 5.41) is 6.32. The van der Waals surface area contributed by atoms with Gasteiger partial charge >= 0.3 is 12.1 Å². The van der Waals surface area contributed by atoms with Gasteiger partial charge in [0, 0.05) is 30.0 Å². The molecule has 0 aliphatic carbocycles. The number of ether oxygens (including phenoxy) is 2. The Morgan fingerprint density at radius 1 is 1.30 bits per heavy atom. The van der Waals surface area contributed by atoms with E-state index in [2.05, 4.69) is 34.8 Å². The monoisotopic (exact) mass is 448 g/mol. The molecule has 9 heteroatoms. The lowest BCUT2D eigenvalue weighted by Crippen LogP contribution is -2.36. The van der Waals surface area contributed by atoms with Crippen molar-refractivity contribution in [3.05, 3.63) is 16.1 Å². The van der Waals surface area contributed by atoms with Gasteiger partial charge in [-0.3, -0.25) is 0 Å². The average molecular weight is 449 g/mol. The molecule has 0 aliphatic heterocycles. The molecule has 0 bridgehead atoms. The Morgan fingerprint density at radius 2 is 2.03 bits per heavy atom. The first-order valence-corrected chi connectivity index (χ1v) is 11.0. The van der Waals surface area contributed by atoms with Gasteiger partial charge in [0.25, 0.3) is 0 Å². The third-order valence-corrected chi connectivity index (χ3v) is 5.47. The topological polar surface area (TPSA) is 60.5 Å². The molecule has 0 aliphatic rings. The van der Waals surface area contributed by atoms with E-state index in [0.29, 0.717) is 12.3 Å². The van der Waals surface area contributed by atoms with Crippen molar-refractivity contribution in [2.75, 3.05) is 19.8 Å². The molecule has 0 aromatic carbocycles. The predicted octanol–water partition coefficient (Wildman–Crippen LogP) is 4.81. The number of alkyl halides is 3. The van der Waals surface area contributed by atoms with Gasteiger partial charge in [0.05, 0.1) is 13.2 Å². The van der Waals surface area contributed by atoms with Gasteiger partial charge in [0.2, 0.25) is 0 Å². The number of carbonyl (C=O) groups is 1. The predicted molar refractivity (Wildman–Crippen MR) is 111 cm³/mol. The normalized spacial score (nSPS) is 13.8. The highest BCUT2D eigenvalue weighted by Gasteiger charge is 2.40. The number of halogens is 3. The molecule has 0 fully saturated rings. The van der Waals surface area contributed by atoms with Gasteiger partial charge in [-0.05, 0) is 38.6 Å². The molecule has 0 amide bonds. The van der Waals surface area contributed by atoms with E-state index in [1.807, 2.05) is 12.3 Å². The van der Waals surface area contributed by atoms with Crippen LogP contribution in [-0.2, 0) is 14.3 Å². The van der Waals surface area contributed by atoms with Crippen LogP contribution in [0.5, 0.6) is 0 Å². The van der Waals surface area contributed by atoms with E-state index < -0.39 is 12.1 Å². The maximum absolute atomic E-state index is 12.2. The van der Waals surface area contributed by atoms with E-state index in [1.165, 1.54) is 11.3 Å². The van der Waals surface area contributed by atoms with Crippen LogP contribution in [0.2, 0.25) is 0 Å². The lowest BCUT2D eigenvalue weighted by molar-refractivity contribution is -0.200. The Labute approximate surface area is 180 Å². The summed E-state index contributed by atoms with van der Waals surface area (Å²) in [6.07, 6.45) is 3.60. The van der Waals surface area contributed by atoms with Crippen LogP contribution in [0, 0.1) is 25.2 Å². The van der Waals surface area contributed by atoms with Crippen LogP contribution in [0.4, 0.5) is 13.2 Å². The molecule has 1 aromatic rings. The van der Waals surface area contributed by atoms with Crippen molar-refractivity contribution >= 4 is 17.3 Å². The maximum atomic E-state index is 12.2. The van der Waals surface area contributed by atoms with E-state index in [9.17, 15) is 18.0 Å². The van der Waals surface area contributed by atoms with E-state index in [1.54, 1.807) is 0 Å². The van der Waals surface area contributed by atoms with Crippen molar-refractivity contribution in [2.45, 2.75) is 71.2 Å². The van der Waals surface area contributed by atoms with Gasteiger partial charge in [-0.25, -0.2) is 9.78 Å². The van der Waals surface area contributed by atoms with Crippen molar-refractivity contribution in [2.24, 2.45) is 5.92 Å². The third-order valence-electron chi connectivity index (χ3n) is 4.41. The summed E-state index contributed by atoms with van der Waals surface area (Å²) in [5.74, 6) is 0.816. The molecule has 1 aromatic heterocycles. The molecule has 170 valence electrons. The Bertz CT molecular complexity index is 671. The number of nitrogens with one attached hydrogen (secondary N) is 1. The zero-order chi connectivity index (χ0) is 22.6. The zero-order valence-electron chi connectivity index (χ0n) is 17.8. The van der Waals surface area contributed by atoms with E-state index >= 15 is 0 Å². The summed E-state index contributed by atoms with van der Waals surface area (Å²) >= 11 is 1.50. The number of aryl methyl sites for hydroxylation is 1. The number of thiazole rings is 1. The highest BCUT2D eigenvalue weighted by atomic mass is 32.1. The van der Waals surface area contributed by atoms with Crippen molar-refractivity contribution in [1.29, 1.82) is 0 Å². The minimum absolute atomic E-state index is 0.168. The van der Waals surface area contributed by atoms with Gasteiger partial charge in [-0.15, -0.1) is 23.7 Å².